The van der Waals surface area contributed by atoms with E-state index in [1.807, 2.05) is 24.3 Å². The number of alkyl halides is 1. The molecular formula is C14H10Br2FIO. The molecular weight excluding hydrogens is 490 g/mol. The van der Waals surface area contributed by atoms with E-state index in [2.05, 4.69) is 54.5 Å². The predicted molar refractivity (Wildman–Crippen MR) is 90.6 cm³/mol. The molecule has 2 rings (SSSR count). The summed E-state index contributed by atoms with van der Waals surface area (Å²) in [5, 5.41) is 0. The molecule has 0 saturated carbocycles. The molecule has 0 aliphatic heterocycles. The second-order valence-corrected chi connectivity index (χ2v) is 6.94. The van der Waals surface area contributed by atoms with Crippen LogP contribution in [0, 0.1) is 9.39 Å². The summed E-state index contributed by atoms with van der Waals surface area (Å²) >= 11 is 9.11. The fourth-order valence-corrected chi connectivity index (χ4v) is 3.11. The van der Waals surface area contributed by atoms with E-state index in [0.717, 1.165) is 11.1 Å². The average Bonchev–Trinajstić information content (AvgIpc) is 2.41. The van der Waals surface area contributed by atoms with Crippen molar-refractivity contribution in [1.29, 1.82) is 0 Å². The van der Waals surface area contributed by atoms with Crippen molar-refractivity contribution < 1.29 is 9.13 Å². The van der Waals surface area contributed by atoms with Crippen molar-refractivity contribution in [2.75, 3.05) is 7.11 Å². The van der Waals surface area contributed by atoms with Gasteiger partial charge in [-0.2, -0.15) is 0 Å². The summed E-state index contributed by atoms with van der Waals surface area (Å²) in [5.74, 6) is 0.198. The van der Waals surface area contributed by atoms with Gasteiger partial charge in [-0.1, -0.05) is 28.1 Å². The highest BCUT2D eigenvalue weighted by Gasteiger charge is 2.17. The molecule has 5 heteroatoms. The zero-order chi connectivity index (χ0) is 14.0. The van der Waals surface area contributed by atoms with E-state index < -0.39 is 0 Å². The minimum absolute atomic E-state index is 0.0450. The highest BCUT2D eigenvalue weighted by atomic mass is 127. The Morgan fingerprint density at radius 3 is 2.42 bits per heavy atom. The normalized spacial score (nSPS) is 12.3. The van der Waals surface area contributed by atoms with Crippen molar-refractivity contribution in [3.8, 4) is 5.75 Å². The lowest BCUT2D eigenvalue weighted by atomic mass is 10.0. The summed E-state index contributed by atoms with van der Waals surface area (Å²) in [5.41, 5.74) is 1.98. The van der Waals surface area contributed by atoms with Gasteiger partial charge in [-0.15, -0.1) is 0 Å². The summed E-state index contributed by atoms with van der Waals surface area (Å²) < 4.78 is 20.4. The second kappa shape index (κ2) is 6.54. The third-order valence-electron chi connectivity index (χ3n) is 2.71. The van der Waals surface area contributed by atoms with Crippen molar-refractivity contribution in [2.24, 2.45) is 0 Å². The van der Waals surface area contributed by atoms with Gasteiger partial charge in [-0.05, 0) is 62.3 Å². The molecule has 0 aromatic heterocycles. The van der Waals surface area contributed by atoms with Crippen LogP contribution in [-0.2, 0) is 0 Å². The molecule has 100 valence electrons. The van der Waals surface area contributed by atoms with E-state index in [1.54, 1.807) is 13.2 Å². The molecule has 0 amide bonds. The Morgan fingerprint density at radius 1 is 1.21 bits per heavy atom. The first-order valence-corrected chi connectivity index (χ1v) is 8.24. The van der Waals surface area contributed by atoms with Crippen LogP contribution in [0.1, 0.15) is 16.0 Å². The summed E-state index contributed by atoms with van der Waals surface area (Å²) in [6.45, 7) is 0. The van der Waals surface area contributed by atoms with Gasteiger partial charge in [0.2, 0.25) is 0 Å². The van der Waals surface area contributed by atoms with E-state index in [1.165, 1.54) is 9.64 Å². The Balaban J connectivity index is 2.45. The van der Waals surface area contributed by atoms with E-state index in [9.17, 15) is 4.39 Å². The van der Waals surface area contributed by atoms with E-state index in [-0.39, 0.29) is 10.6 Å². The molecule has 0 aliphatic rings. The minimum atomic E-state index is -0.331. The van der Waals surface area contributed by atoms with Gasteiger partial charge in [0.15, 0.2) is 0 Å². The van der Waals surface area contributed by atoms with Gasteiger partial charge in [0, 0.05) is 15.2 Å². The van der Waals surface area contributed by atoms with Gasteiger partial charge in [-0.25, -0.2) is 4.39 Å². The number of rotatable bonds is 3. The lowest BCUT2D eigenvalue weighted by Gasteiger charge is -2.15. The van der Waals surface area contributed by atoms with Crippen molar-refractivity contribution in [1.82, 2.24) is 0 Å². The first-order chi connectivity index (χ1) is 9.02. The van der Waals surface area contributed by atoms with E-state index >= 15 is 0 Å². The quantitative estimate of drug-likeness (QED) is 0.390. The van der Waals surface area contributed by atoms with Crippen LogP contribution in [0.15, 0.2) is 40.9 Å². The summed E-state index contributed by atoms with van der Waals surface area (Å²) in [4.78, 5) is -0.0450. The number of hydrogen-bond donors (Lipinski definition) is 0. The van der Waals surface area contributed by atoms with Gasteiger partial charge < -0.3 is 4.74 Å². The smallest absolute Gasteiger partial charge is 0.141 e. The molecule has 1 atom stereocenters. The van der Waals surface area contributed by atoms with Crippen LogP contribution < -0.4 is 4.74 Å². The molecule has 0 N–H and O–H groups in total. The molecule has 0 heterocycles. The average molecular weight is 500 g/mol. The Labute approximate surface area is 141 Å². The molecule has 19 heavy (non-hydrogen) atoms. The fourth-order valence-electron chi connectivity index (χ4n) is 1.73. The number of methoxy groups -OCH3 is 1. The van der Waals surface area contributed by atoms with Gasteiger partial charge >= 0.3 is 0 Å². The first-order valence-electron chi connectivity index (χ1n) is 5.45. The molecule has 0 spiro atoms. The summed E-state index contributed by atoms with van der Waals surface area (Å²) in [7, 11) is 1.54. The molecule has 0 saturated heterocycles. The summed E-state index contributed by atoms with van der Waals surface area (Å²) in [6.07, 6.45) is 0. The van der Waals surface area contributed by atoms with Crippen molar-refractivity contribution >= 4 is 54.5 Å². The maximum atomic E-state index is 13.5. The molecule has 2 aromatic carbocycles. The lowest BCUT2D eigenvalue weighted by molar-refractivity contribution is 0.406. The third-order valence-corrected chi connectivity index (χ3v) is 5.06. The van der Waals surface area contributed by atoms with Gasteiger partial charge in [0.25, 0.3) is 0 Å². The largest absolute Gasteiger partial charge is 0.496 e. The van der Waals surface area contributed by atoms with Crippen LogP contribution in [0.3, 0.4) is 0 Å². The molecule has 2 aromatic rings. The van der Waals surface area contributed by atoms with Gasteiger partial charge in [0.05, 0.1) is 16.4 Å². The van der Waals surface area contributed by atoms with Crippen molar-refractivity contribution in [3.63, 3.8) is 0 Å². The molecule has 0 fully saturated rings. The minimum Gasteiger partial charge on any atom is -0.496 e. The van der Waals surface area contributed by atoms with Crippen LogP contribution in [0.2, 0.25) is 0 Å². The van der Waals surface area contributed by atoms with Crippen molar-refractivity contribution in [3.05, 3.63) is 61.4 Å². The van der Waals surface area contributed by atoms with Crippen molar-refractivity contribution in [2.45, 2.75) is 4.83 Å². The van der Waals surface area contributed by atoms with Crippen LogP contribution in [0.5, 0.6) is 5.75 Å². The van der Waals surface area contributed by atoms with Crippen LogP contribution in [0.25, 0.3) is 0 Å². The zero-order valence-electron chi connectivity index (χ0n) is 9.96. The van der Waals surface area contributed by atoms with Crippen LogP contribution in [0.4, 0.5) is 4.39 Å². The lowest BCUT2D eigenvalue weighted by Crippen LogP contribution is -1.98. The highest BCUT2D eigenvalue weighted by molar-refractivity contribution is 14.1. The van der Waals surface area contributed by atoms with E-state index in [0.29, 0.717) is 10.2 Å². The summed E-state index contributed by atoms with van der Waals surface area (Å²) in [6, 6.07) is 11.3. The molecule has 0 bridgehead atoms. The topological polar surface area (TPSA) is 9.23 Å². The van der Waals surface area contributed by atoms with Gasteiger partial charge in [-0.3, -0.25) is 0 Å². The Kier molecular flexibility index (Phi) is 5.25. The Hall–Kier alpha value is -0.140. The molecule has 1 unspecified atom stereocenters. The molecule has 0 aliphatic carbocycles. The number of halogens is 4. The van der Waals surface area contributed by atoms with E-state index in [4.69, 9.17) is 4.74 Å². The van der Waals surface area contributed by atoms with Gasteiger partial charge in [0.1, 0.15) is 11.6 Å². The zero-order valence-corrected chi connectivity index (χ0v) is 15.3. The SMILES string of the molecule is COc1cc(F)c(Br)cc1C(Br)c1ccc(I)cc1. The number of hydrogen-bond acceptors (Lipinski definition) is 1. The second-order valence-electron chi connectivity index (χ2n) is 3.92. The standard InChI is InChI=1S/C14H10Br2FIO/c1-19-13-7-12(17)11(15)6-10(13)14(16)8-2-4-9(18)5-3-8/h2-7,14H,1H3. The monoisotopic (exact) mass is 498 g/mol. The van der Waals surface area contributed by atoms with Crippen LogP contribution in [-0.4, -0.2) is 7.11 Å². The Bertz CT molecular complexity index is 587. The molecule has 0 radical (unpaired) electrons. The maximum Gasteiger partial charge on any atom is 0.141 e. The molecule has 1 nitrogen and oxygen atoms in total. The maximum absolute atomic E-state index is 13.5. The predicted octanol–water partition coefficient (Wildman–Crippen LogP) is 5.69. The van der Waals surface area contributed by atoms with Crippen LogP contribution >= 0.6 is 54.5 Å². The fraction of sp³-hybridized carbons (Fsp3) is 0.143. The Morgan fingerprint density at radius 2 is 1.84 bits per heavy atom. The highest BCUT2D eigenvalue weighted by Crippen LogP contribution is 2.39. The number of benzene rings is 2. The third kappa shape index (κ3) is 3.49. The number of ether oxygens (including phenoxy) is 1. The first kappa shape index (κ1) is 15.3.